The summed E-state index contributed by atoms with van der Waals surface area (Å²) in [5.41, 5.74) is 5.45. The summed E-state index contributed by atoms with van der Waals surface area (Å²) in [4.78, 5) is 20.8. The standard InChI is InChI=1S/C18H39N.C8H6O4/c1-2-3-4-5-6-7-8-9-10-11-12-13-14-15-16-17-18-19;9-7(10)5-2-1-3-6(4-5)8(11)12/h2-19H2,1H3;1-4H,(H,9,10)(H,11,12). The van der Waals surface area contributed by atoms with Crippen LogP contribution >= 0.6 is 0 Å². The second-order valence-electron chi connectivity index (χ2n) is 8.28. The summed E-state index contributed by atoms with van der Waals surface area (Å²) < 4.78 is 0. The molecule has 0 bridgehead atoms. The van der Waals surface area contributed by atoms with Crippen molar-refractivity contribution in [1.29, 1.82) is 0 Å². The predicted molar refractivity (Wildman–Crippen MR) is 129 cm³/mol. The van der Waals surface area contributed by atoms with E-state index >= 15 is 0 Å². The zero-order chi connectivity index (χ0) is 23.2. The van der Waals surface area contributed by atoms with Crippen LogP contribution < -0.4 is 5.73 Å². The summed E-state index contributed by atoms with van der Waals surface area (Å²) in [5.74, 6) is -2.25. The van der Waals surface area contributed by atoms with Crippen LogP contribution in [0.5, 0.6) is 0 Å². The van der Waals surface area contributed by atoms with Gasteiger partial charge in [0.2, 0.25) is 0 Å². The van der Waals surface area contributed by atoms with Gasteiger partial charge in [-0.15, -0.1) is 0 Å². The van der Waals surface area contributed by atoms with Crippen molar-refractivity contribution in [3.8, 4) is 0 Å². The van der Waals surface area contributed by atoms with Crippen molar-refractivity contribution in [3.63, 3.8) is 0 Å². The molecule has 0 saturated carbocycles. The predicted octanol–water partition coefficient (Wildman–Crippen LogP) is 7.29. The summed E-state index contributed by atoms with van der Waals surface area (Å²) in [7, 11) is 0. The van der Waals surface area contributed by atoms with Crippen LogP contribution in [-0.2, 0) is 0 Å². The smallest absolute Gasteiger partial charge is 0.335 e. The maximum absolute atomic E-state index is 10.4. The third-order valence-corrected chi connectivity index (χ3v) is 5.41. The molecule has 0 atom stereocenters. The van der Waals surface area contributed by atoms with Gasteiger partial charge in [-0.2, -0.15) is 0 Å². The first-order valence-corrected chi connectivity index (χ1v) is 12.3. The van der Waals surface area contributed by atoms with Gasteiger partial charge in [0.1, 0.15) is 0 Å². The van der Waals surface area contributed by atoms with E-state index in [1.165, 1.54) is 121 Å². The molecule has 0 unspecified atom stereocenters. The molecule has 0 fully saturated rings. The largest absolute Gasteiger partial charge is 0.478 e. The van der Waals surface area contributed by atoms with Crippen molar-refractivity contribution >= 4 is 11.9 Å². The van der Waals surface area contributed by atoms with Crippen LogP contribution in [0, 0.1) is 0 Å². The second kappa shape index (κ2) is 21.4. The lowest BCUT2D eigenvalue weighted by Gasteiger charge is -2.03. The fraction of sp³-hybridized carbons (Fsp3) is 0.692. The highest BCUT2D eigenvalue weighted by atomic mass is 16.4. The average molecular weight is 436 g/mol. The lowest BCUT2D eigenvalue weighted by molar-refractivity contribution is 0.0696. The van der Waals surface area contributed by atoms with Gasteiger partial charge in [-0.05, 0) is 31.2 Å². The molecule has 0 aliphatic carbocycles. The Morgan fingerprint density at radius 1 is 0.645 bits per heavy atom. The van der Waals surface area contributed by atoms with E-state index in [9.17, 15) is 9.59 Å². The molecule has 0 radical (unpaired) electrons. The monoisotopic (exact) mass is 435 g/mol. The van der Waals surface area contributed by atoms with Gasteiger partial charge in [0.05, 0.1) is 11.1 Å². The van der Waals surface area contributed by atoms with Crippen molar-refractivity contribution in [2.45, 2.75) is 110 Å². The van der Waals surface area contributed by atoms with Gasteiger partial charge in [-0.1, -0.05) is 109 Å². The molecule has 0 aliphatic rings. The molecule has 5 heteroatoms. The number of benzene rings is 1. The van der Waals surface area contributed by atoms with Crippen molar-refractivity contribution in [3.05, 3.63) is 35.4 Å². The van der Waals surface area contributed by atoms with E-state index in [1.807, 2.05) is 0 Å². The first-order valence-electron chi connectivity index (χ1n) is 12.3. The number of unbranched alkanes of at least 4 members (excludes halogenated alkanes) is 15. The third-order valence-electron chi connectivity index (χ3n) is 5.41. The topological polar surface area (TPSA) is 101 Å². The third kappa shape index (κ3) is 18.6. The summed E-state index contributed by atoms with van der Waals surface area (Å²) >= 11 is 0. The summed E-state index contributed by atoms with van der Waals surface area (Å²) in [5, 5.41) is 17.0. The number of carbonyl (C=O) groups is 2. The molecule has 0 amide bonds. The van der Waals surface area contributed by atoms with Crippen LogP contribution in [0.2, 0.25) is 0 Å². The number of carboxylic acids is 2. The fourth-order valence-electron chi connectivity index (χ4n) is 3.48. The van der Waals surface area contributed by atoms with Gasteiger partial charge in [-0.25, -0.2) is 9.59 Å². The van der Waals surface area contributed by atoms with Crippen LogP contribution in [0.1, 0.15) is 130 Å². The van der Waals surface area contributed by atoms with Crippen molar-refractivity contribution in [2.75, 3.05) is 6.54 Å². The minimum Gasteiger partial charge on any atom is -0.478 e. The minimum atomic E-state index is -1.13. The molecule has 31 heavy (non-hydrogen) atoms. The van der Waals surface area contributed by atoms with E-state index in [-0.39, 0.29) is 11.1 Å². The first kappa shape index (κ1) is 29.1. The Morgan fingerprint density at radius 3 is 1.26 bits per heavy atom. The lowest BCUT2D eigenvalue weighted by atomic mass is 10.0. The number of carboxylic acid groups (broad SMARTS) is 2. The van der Waals surface area contributed by atoms with Gasteiger partial charge in [0.25, 0.3) is 0 Å². The highest BCUT2D eigenvalue weighted by Crippen LogP contribution is 2.13. The van der Waals surface area contributed by atoms with Crippen molar-refractivity contribution in [2.24, 2.45) is 5.73 Å². The Balaban J connectivity index is 0.000000639. The number of nitrogens with two attached hydrogens (primary N) is 1. The summed E-state index contributed by atoms with van der Waals surface area (Å²) in [6.45, 7) is 3.16. The number of hydrogen-bond acceptors (Lipinski definition) is 3. The maximum Gasteiger partial charge on any atom is 0.335 e. The normalized spacial score (nSPS) is 10.4. The molecule has 1 rings (SSSR count). The van der Waals surface area contributed by atoms with Crippen molar-refractivity contribution in [1.82, 2.24) is 0 Å². The highest BCUT2D eigenvalue weighted by Gasteiger charge is 2.06. The van der Waals surface area contributed by atoms with Crippen LogP contribution in [0.4, 0.5) is 0 Å². The van der Waals surface area contributed by atoms with Crippen molar-refractivity contribution < 1.29 is 19.8 Å². The van der Waals surface area contributed by atoms with Crippen LogP contribution in [0.3, 0.4) is 0 Å². The fourth-order valence-corrected chi connectivity index (χ4v) is 3.48. The quantitative estimate of drug-likeness (QED) is 0.210. The van der Waals surface area contributed by atoms with Gasteiger partial charge >= 0.3 is 11.9 Å². The second-order valence-corrected chi connectivity index (χ2v) is 8.28. The van der Waals surface area contributed by atoms with E-state index in [1.54, 1.807) is 0 Å². The van der Waals surface area contributed by atoms with Crippen LogP contribution in [0.15, 0.2) is 24.3 Å². The molecule has 0 saturated heterocycles. The first-order chi connectivity index (χ1) is 15.0. The highest BCUT2D eigenvalue weighted by molar-refractivity contribution is 5.93. The van der Waals surface area contributed by atoms with E-state index in [2.05, 4.69) is 6.92 Å². The van der Waals surface area contributed by atoms with Gasteiger partial charge in [0, 0.05) is 0 Å². The Bertz CT molecular complexity index is 529. The zero-order valence-electron chi connectivity index (χ0n) is 19.6. The van der Waals surface area contributed by atoms with E-state index in [4.69, 9.17) is 15.9 Å². The molecule has 0 spiro atoms. The summed E-state index contributed by atoms with van der Waals surface area (Å²) in [6, 6.07) is 5.20. The minimum absolute atomic E-state index is 0.0186. The molecule has 0 aliphatic heterocycles. The molecule has 0 aromatic heterocycles. The molecule has 178 valence electrons. The van der Waals surface area contributed by atoms with Gasteiger partial charge in [0.15, 0.2) is 0 Å². The maximum atomic E-state index is 10.4. The van der Waals surface area contributed by atoms with E-state index in [0.717, 1.165) is 12.6 Å². The Labute approximate surface area is 189 Å². The van der Waals surface area contributed by atoms with E-state index in [0.29, 0.717) is 0 Å². The number of aromatic carboxylic acids is 2. The van der Waals surface area contributed by atoms with Crippen LogP contribution in [0.25, 0.3) is 0 Å². The number of hydrogen-bond donors (Lipinski definition) is 3. The van der Waals surface area contributed by atoms with Gasteiger partial charge in [-0.3, -0.25) is 0 Å². The SMILES string of the molecule is CCCCCCCCCCCCCCCCCCN.O=C(O)c1cccc(C(=O)O)c1. The van der Waals surface area contributed by atoms with Crippen LogP contribution in [-0.4, -0.2) is 28.7 Å². The average Bonchev–Trinajstić information content (AvgIpc) is 2.77. The molecule has 4 N–H and O–H groups in total. The molecule has 1 aromatic carbocycles. The van der Waals surface area contributed by atoms with Gasteiger partial charge < -0.3 is 15.9 Å². The Kier molecular flexibility index (Phi) is 20.1. The molecule has 5 nitrogen and oxygen atoms in total. The lowest BCUT2D eigenvalue weighted by Crippen LogP contribution is -2.01. The molecular weight excluding hydrogens is 390 g/mol. The molecule has 1 aromatic rings. The zero-order valence-corrected chi connectivity index (χ0v) is 19.6. The summed E-state index contributed by atoms with van der Waals surface area (Å²) in [6.07, 6.45) is 22.9. The molecule has 0 heterocycles. The van der Waals surface area contributed by atoms with E-state index < -0.39 is 11.9 Å². The Morgan fingerprint density at radius 2 is 0.968 bits per heavy atom. The molecular formula is C26H45NO4. The Hall–Kier alpha value is -1.88. The number of rotatable bonds is 18.